The third kappa shape index (κ3) is 4.15. The Morgan fingerprint density at radius 3 is 2.33 bits per heavy atom. The molecular weight excluding hydrogens is 298 g/mol. The number of carbonyl (C=O) groups is 1. The van der Waals surface area contributed by atoms with Gasteiger partial charge in [0.25, 0.3) is 0 Å². The average molecular weight is 323 g/mol. The number of rotatable bonds is 5. The van der Waals surface area contributed by atoms with Crippen molar-refractivity contribution in [3.63, 3.8) is 0 Å². The lowest BCUT2D eigenvalue weighted by molar-refractivity contribution is -0.130. The van der Waals surface area contributed by atoms with E-state index in [1.807, 2.05) is 23.1 Å². The molecule has 3 rings (SSSR count). The minimum Gasteiger partial charge on any atom is -0.368 e. The molecule has 1 saturated heterocycles. The van der Waals surface area contributed by atoms with Gasteiger partial charge in [-0.2, -0.15) is 0 Å². The molecule has 0 atom stereocenters. The van der Waals surface area contributed by atoms with Crippen molar-refractivity contribution in [1.82, 2.24) is 10.2 Å². The summed E-state index contributed by atoms with van der Waals surface area (Å²) < 4.78 is 0. The third-order valence-corrected chi connectivity index (χ3v) is 4.61. The second-order valence-electron chi connectivity index (χ2n) is 6.23. The summed E-state index contributed by atoms with van der Waals surface area (Å²) in [6.45, 7) is 6.62. The zero-order valence-electron chi connectivity index (χ0n) is 14.2. The highest BCUT2D eigenvalue weighted by Crippen LogP contribution is 2.15. The zero-order valence-corrected chi connectivity index (χ0v) is 14.2. The highest BCUT2D eigenvalue weighted by molar-refractivity contribution is 5.78. The van der Waals surface area contributed by atoms with Crippen LogP contribution >= 0.6 is 0 Å². The number of aryl methyl sites for hydroxylation is 1. The van der Waals surface area contributed by atoms with Crippen molar-refractivity contribution in [3.05, 3.63) is 65.7 Å². The van der Waals surface area contributed by atoms with Crippen LogP contribution in [0.15, 0.2) is 54.6 Å². The first kappa shape index (κ1) is 16.5. The van der Waals surface area contributed by atoms with Gasteiger partial charge >= 0.3 is 0 Å². The van der Waals surface area contributed by atoms with Gasteiger partial charge in [-0.25, -0.2) is 0 Å². The highest BCUT2D eigenvalue weighted by Gasteiger charge is 2.20. The zero-order chi connectivity index (χ0) is 16.8. The number of hydrogen-bond acceptors (Lipinski definition) is 3. The molecule has 0 aliphatic carbocycles. The number of nitrogens with one attached hydrogen (secondary N) is 1. The van der Waals surface area contributed by atoms with Gasteiger partial charge in [-0.3, -0.25) is 4.79 Å². The molecule has 0 aromatic heterocycles. The summed E-state index contributed by atoms with van der Waals surface area (Å²) in [5.41, 5.74) is 3.75. The molecule has 4 nitrogen and oxygen atoms in total. The Hall–Kier alpha value is -2.33. The molecule has 1 aliphatic rings. The molecule has 0 spiro atoms. The number of benzene rings is 2. The van der Waals surface area contributed by atoms with Crippen molar-refractivity contribution in [2.45, 2.75) is 13.5 Å². The predicted octanol–water partition coefficient (Wildman–Crippen LogP) is 2.43. The Morgan fingerprint density at radius 1 is 0.958 bits per heavy atom. The van der Waals surface area contributed by atoms with Crippen LogP contribution in [0.2, 0.25) is 0 Å². The molecule has 24 heavy (non-hydrogen) atoms. The molecule has 0 saturated carbocycles. The molecule has 0 bridgehead atoms. The van der Waals surface area contributed by atoms with Gasteiger partial charge in [-0.05, 0) is 30.2 Å². The smallest absolute Gasteiger partial charge is 0.236 e. The van der Waals surface area contributed by atoms with Gasteiger partial charge in [0.05, 0.1) is 6.54 Å². The van der Waals surface area contributed by atoms with E-state index in [-0.39, 0.29) is 5.91 Å². The molecule has 1 amide bonds. The molecule has 1 heterocycles. The monoisotopic (exact) mass is 323 g/mol. The van der Waals surface area contributed by atoms with E-state index >= 15 is 0 Å². The quantitative estimate of drug-likeness (QED) is 0.918. The van der Waals surface area contributed by atoms with Gasteiger partial charge in [-0.1, -0.05) is 42.5 Å². The summed E-state index contributed by atoms with van der Waals surface area (Å²) in [6, 6.07) is 18.7. The van der Waals surface area contributed by atoms with E-state index in [1.165, 1.54) is 16.8 Å². The number of piperazine rings is 1. The van der Waals surface area contributed by atoms with Gasteiger partial charge < -0.3 is 15.1 Å². The molecule has 2 aromatic rings. The summed E-state index contributed by atoms with van der Waals surface area (Å²) in [4.78, 5) is 16.7. The van der Waals surface area contributed by atoms with Crippen molar-refractivity contribution in [2.24, 2.45) is 0 Å². The van der Waals surface area contributed by atoms with Crippen LogP contribution in [0.25, 0.3) is 0 Å². The van der Waals surface area contributed by atoms with Gasteiger partial charge in [0.1, 0.15) is 0 Å². The van der Waals surface area contributed by atoms with E-state index in [2.05, 4.69) is 53.5 Å². The number of para-hydroxylation sites is 1. The molecule has 126 valence electrons. The van der Waals surface area contributed by atoms with Gasteiger partial charge in [0, 0.05) is 38.4 Å². The van der Waals surface area contributed by atoms with Crippen LogP contribution in [0.3, 0.4) is 0 Å². The average Bonchev–Trinajstić information content (AvgIpc) is 2.64. The fourth-order valence-corrected chi connectivity index (χ4v) is 3.08. The number of hydrogen-bond donors (Lipinski definition) is 1. The van der Waals surface area contributed by atoms with E-state index in [0.717, 1.165) is 32.7 Å². The summed E-state index contributed by atoms with van der Waals surface area (Å²) in [7, 11) is 0. The Morgan fingerprint density at radius 2 is 1.62 bits per heavy atom. The first-order valence-electron chi connectivity index (χ1n) is 8.57. The minimum atomic E-state index is 0.191. The van der Waals surface area contributed by atoms with E-state index in [0.29, 0.717) is 6.54 Å². The van der Waals surface area contributed by atoms with Crippen LogP contribution in [0.1, 0.15) is 11.1 Å². The van der Waals surface area contributed by atoms with Crippen LogP contribution in [-0.2, 0) is 11.3 Å². The number of nitrogens with zero attached hydrogens (tertiary/aromatic N) is 2. The first-order valence-corrected chi connectivity index (χ1v) is 8.57. The molecular formula is C20H25N3O. The molecule has 0 unspecified atom stereocenters. The predicted molar refractivity (Wildman–Crippen MR) is 98.1 cm³/mol. The van der Waals surface area contributed by atoms with Crippen molar-refractivity contribution in [3.8, 4) is 0 Å². The second-order valence-corrected chi connectivity index (χ2v) is 6.23. The summed E-state index contributed by atoms with van der Waals surface area (Å²) in [5.74, 6) is 0.191. The lowest BCUT2D eigenvalue weighted by Crippen LogP contribution is -2.50. The highest BCUT2D eigenvalue weighted by atomic mass is 16.2. The van der Waals surface area contributed by atoms with E-state index < -0.39 is 0 Å². The Balaban J connectivity index is 1.43. The second kappa shape index (κ2) is 7.97. The van der Waals surface area contributed by atoms with Crippen molar-refractivity contribution >= 4 is 11.6 Å². The molecule has 4 heteroatoms. The van der Waals surface area contributed by atoms with Crippen molar-refractivity contribution in [1.29, 1.82) is 0 Å². The molecule has 1 N–H and O–H groups in total. The molecule has 0 radical (unpaired) electrons. The fraction of sp³-hybridized carbons (Fsp3) is 0.350. The van der Waals surface area contributed by atoms with Crippen LogP contribution < -0.4 is 10.2 Å². The normalized spacial score (nSPS) is 14.7. The maximum absolute atomic E-state index is 12.4. The first-order chi connectivity index (χ1) is 11.7. The topological polar surface area (TPSA) is 35.6 Å². The standard InChI is InChI=1S/C20H25N3O/c1-17-7-5-6-8-18(17)15-21-16-20(24)23-13-11-22(12-14-23)19-9-3-2-4-10-19/h2-10,21H,11-16H2,1H3. The Labute approximate surface area is 144 Å². The van der Waals surface area contributed by atoms with Crippen LogP contribution in [0.5, 0.6) is 0 Å². The SMILES string of the molecule is Cc1ccccc1CNCC(=O)N1CCN(c2ccccc2)CC1. The van der Waals surface area contributed by atoms with Gasteiger partial charge in [-0.15, -0.1) is 0 Å². The van der Waals surface area contributed by atoms with Crippen molar-refractivity contribution < 1.29 is 4.79 Å². The van der Waals surface area contributed by atoms with Crippen molar-refractivity contribution in [2.75, 3.05) is 37.6 Å². The third-order valence-electron chi connectivity index (χ3n) is 4.61. The van der Waals surface area contributed by atoms with Crippen LogP contribution in [-0.4, -0.2) is 43.5 Å². The maximum Gasteiger partial charge on any atom is 0.236 e. The summed E-state index contributed by atoms with van der Waals surface area (Å²) in [6.07, 6.45) is 0. The molecule has 1 fully saturated rings. The van der Waals surface area contributed by atoms with Crippen LogP contribution in [0, 0.1) is 6.92 Å². The fourth-order valence-electron chi connectivity index (χ4n) is 3.08. The number of amides is 1. The maximum atomic E-state index is 12.4. The Kier molecular flexibility index (Phi) is 5.49. The Bertz CT molecular complexity index is 664. The van der Waals surface area contributed by atoms with Gasteiger partial charge in [0.2, 0.25) is 5.91 Å². The largest absolute Gasteiger partial charge is 0.368 e. The van der Waals surface area contributed by atoms with E-state index in [4.69, 9.17) is 0 Å². The lowest BCUT2D eigenvalue weighted by atomic mass is 10.1. The summed E-state index contributed by atoms with van der Waals surface area (Å²) in [5, 5.41) is 3.28. The van der Waals surface area contributed by atoms with Gasteiger partial charge in [0.15, 0.2) is 0 Å². The van der Waals surface area contributed by atoms with Crippen LogP contribution in [0.4, 0.5) is 5.69 Å². The summed E-state index contributed by atoms with van der Waals surface area (Å²) >= 11 is 0. The van der Waals surface area contributed by atoms with E-state index in [9.17, 15) is 4.79 Å². The van der Waals surface area contributed by atoms with E-state index in [1.54, 1.807) is 0 Å². The minimum absolute atomic E-state index is 0.191. The number of carbonyl (C=O) groups excluding carboxylic acids is 1. The lowest BCUT2D eigenvalue weighted by Gasteiger charge is -2.36. The molecule has 1 aliphatic heterocycles. The molecule has 2 aromatic carbocycles. The number of anilines is 1.